The number of carbonyl (C=O) groups excluding carboxylic acids is 3. The molecule has 3 atom stereocenters. The Morgan fingerprint density at radius 1 is 0.944 bits per heavy atom. The maximum Gasteiger partial charge on any atom is 0.328 e. The van der Waals surface area contributed by atoms with Crippen molar-refractivity contribution in [2.45, 2.75) is 44.2 Å². The van der Waals surface area contributed by atoms with Gasteiger partial charge in [-0.25, -0.2) is 4.79 Å². The second kappa shape index (κ2) is 16.0. The molecule has 7 rings (SSSR count). The predicted molar refractivity (Wildman–Crippen MR) is 204 cm³/mol. The van der Waals surface area contributed by atoms with Crippen molar-refractivity contribution in [3.63, 3.8) is 0 Å². The van der Waals surface area contributed by atoms with Gasteiger partial charge in [0.2, 0.25) is 12.0 Å². The van der Waals surface area contributed by atoms with Crippen LogP contribution in [0.3, 0.4) is 0 Å². The molecule has 54 heavy (non-hydrogen) atoms. The van der Waals surface area contributed by atoms with Gasteiger partial charge in [-0.15, -0.1) is 0 Å². The highest BCUT2D eigenvalue weighted by Crippen LogP contribution is 2.38. The van der Waals surface area contributed by atoms with Gasteiger partial charge >= 0.3 is 5.97 Å². The third-order valence-corrected chi connectivity index (χ3v) is 10.1. The Balaban J connectivity index is 0.973. The van der Waals surface area contributed by atoms with Crippen molar-refractivity contribution in [1.29, 1.82) is 5.26 Å². The summed E-state index contributed by atoms with van der Waals surface area (Å²) in [5.41, 5.74) is 7.09. The molecule has 2 amide bonds. The summed E-state index contributed by atoms with van der Waals surface area (Å²) in [6, 6.07) is 31.6. The third-order valence-electron chi connectivity index (χ3n) is 9.45. The van der Waals surface area contributed by atoms with E-state index in [-0.39, 0.29) is 24.8 Å². The van der Waals surface area contributed by atoms with E-state index in [1.54, 1.807) is 54.6 Å². The molecule has 5 aromatic carbocycles. The Kier molecular flexibility index (Phi) is 10.8. The fourth-order valence-electron chi connectivity index (χ4n) is 6.49. The first-order chi connectivity index (χ1) is 26.2. The number of anilines is 1. The molecule has 5 aromatic rings. The molecule has 3 N–H and O–H groups in total. The number of halogens is 2. The summed E-state index contributed by atoms with van der Waals surface area (Å²) in [4.78, 5) is 39.5. The Morgan fingerprint density at radius 2 is 1.67 bits per heavy atom. The summed E-state index contributed by atoms with van der Waals surface area (Å²) < 4.78 is 17.1. The number of fused-ring (bicyclic) bond motifs is 2. The van der Waals surface area contributed by atoms with E-state index in [0.717, 1.165) is 33.4 Å². The van der Waals surface area contributed by atoms with E-state index in [1.807, 2.05) is 48.5 Å². The van der Waals surface area contributed by atoms with Crippen molar-refractivity contribution in [3.05, 3.63) is 147 Å². The van der Waals surface area contributed by atoms with Crippen LogP contribution in [0.2, 0.25) is 10.0 Å². The Morgan fingerprint density at radius 3 is 2.37 bits per heavy atom. The molecule has 12 heteroatoms. The third kappa shape index (κ3) is 8.19. The molecule has 272 valence electrons. The lowest BCUT2D eigenvalue weighted by molar-refractivity contribution is -0.145. The topological polar surface area (TPSA) is 139 Å². The quantitative estimate of drug-likeness (QED) is 0.128. The molecule has 2 aliphatic heterocycles. The Bertz CT molecular complexity index is 2260. The number of benzene rings is 5. The summed E-state index contributed by atoms with van der Waals surface area (Å²) in [6.45, 7) is 0.613. The number of nitriles is 1. The molecule has 0 radical (unpaired) electrons. The van der Waals surface area contributed by atoms with Gasteiger partial charge in [-0.1, -0.05) is 71.7 Å². The van der Waals surface area contributed by atoms with Crippen molar-refractivity contribution < 1.29 is 28.6 Å². The standard InChI is InChI=1S/C42H34Cl2N4O6/c1-52-42(51)37(16-24-2-6-26(7-3-24)27-8-4-25(21-45)5-9-27)48-40(49)36-19-29-18-35-38(20-30(29)22-46-36)54-39(41(50)47-35)28-10-13-33(14-11-28)53-23-31-17-32(43)12-15-34(31)44/h2-15,17-18,20,36-37,39,46H,16,19,22-23H2,1H3,(H,47,50)(H,48,49). The predicted octanol–water partition coefficient (Wildman–Crippen LogP) is 7.10. The maximum atomic E-state index is 13.5. The van der Waals surface area contributed by atoms with E-state index in [4.69, 9.17) is 42.7 Å². The summed E-state index contributed by atoms with van der Waals surface area (Å²) >= 11 is 12.3. The maximum absolute atomic E-state index is 13.5. The van der Waals surface area contributed by atoms with Gasteiger partial charge in [-0.2, -0.15) is 5.26 Å². The minimum absolute atomic E-state index is 0.233. The van der Waals surface area contributed by atoms with Gasteiger partial charge < -0.3 is 30.2 Å². The Hall–Kier alpha value is -5.86. The van der Waals surface area contributed by atoms with Crippen molar-refractivity contribution in [2.24, 2.45) is 0 Å². The molecule has 0 bridgehead atoms. The zero-order valence-electron chi connectivity index (χ0n) is 29.0. The molecule has 0 saturated heterocycles. The molecule has 0 spiro atoms. The van der Waals surface area contributed by atoms with Gasteiger partial charge in [0.1, 0.15) is 24.1 Å². The number of nitrogens with one attached hydrogen (secondary N) is 3. The SMILES string of the molecule is COC(=O)C(Cc1ccc(-c2ccc(C#N)cc2)cc1)NC(=O)C1Cc2cc3c(cc2CN1)OC(c1ccc(OCc2cc(Cl)ccc2Cl)cc1)C(=O)N3. The van der Waals surface area contributed by atoms with Crippen molar-refractivity contribution >= 4 is 46.7 Å². The smallest absolute Gasteiger partial charge is 0.328 e. The summed E-state index contributed by atoms with van der Waals surface area (Å²) in [5, 5.41) is 19.3. The lowest BCUT2D eigenvalue weighted by atomic mass is 9.93. The highest BCUT2D eigenvalue weighted by atomic mass is 35.5. The molecular formula is C42H34Cl2N4O6. The lowest BCUT2D eigenvalue weighted by Gasteiger charge is -2.31. The average molecular weight is 762 g/mol. The monoisotopic (exact) mass is 760 g/mol. The second-order valence-electron chi connectivity index (χ2n) is 13.0. The first kappa shape index (κ1) is 36.5. The minimum Gasteiger partial charge on any atom is -0.489 e. The molecule has 0 fully saturated rings. The number of rotatable bonds is 10. The van der Waals surface area contributed by atoms with Gasteiger partial charge in [-0.3, -0.25) is 9.59 Å². The highest BCUT2D eigenvalue weighted by molar-refractivity contribution is 6.33. The number of esters is 1. The van der Waals surface area contributed by atoms with E-state index >= 15 is 0 Å². The summed E-state index contributed by atoms with van der Waals surface area (Å²) in [7, 11) is 1.29. The Labute approximate surface area is 322 Å². The number of nitrogens with zero attached hydrogens (tertiary/aromatic N) is 1. The molecular weight excluding hydrogens is 727 g/mol. The highest BCUT2D eigenvalue weighted by Gasteiger charge is 2.33. The lowest BCUT2D eigenvalue weighted by Crippen LogP contribution is -2.53. The van der Waals surface area contributed by atoms with Crippen LogP contribution in [-0.4, -0.2) is 37.0 Å². The van der Waals surface area contributed by atoms with Crippen LogP contribution in [0.25, 0.3) is 11.1 Å². The van der Waals surface area contributed by atoms with Crippen LogP contribution in [-0.2, 0) is 45.1 Å². The van der Waals surface area contributed by atoms with E-state index in [9.17, 15) is 14.4 Å². The van der Waals surface area contributed by atoms with Crippen LogP contribution in [0.15, 0.2) is 103 Å². The molecule has 3 unspecified atom stereocenters. The van der Waals surface area contributed by atoms with E-state index < -0.39 is 24.2 Å². The minimum atomic E-state index is -0.901. The summed E-state index contributed by atoms with van der Waals surface area (Å²) in [6.07, 6.45) is -0.298. The normalized spacial score (nSPS) is 16.4. The first-order valence-corrected chi connectivity index (χ1v) is 17.9. The van der Waals surface area contributed by atoms with Crippen LogP contribution in [0, 0.1) is 11.3 Å². The van der Waals surface area contributed by atoms with E-state index in [1.165, 1.54) is 7.11 Å². The molecule has 0 saturated carbocycles. The average Bonchev–Trinajstić information content (AvgIpc) is 3.20. The number of amides is 2. The number of hydrogen-bond donors (Lipinski definition) is 3. The zero-order valence-corrected chi connectivity index (χ0v) is 30.5. The number of ether oxygens (including phenoxy) is 3. The van der Waals surface area contributed by atoms with Gasteiger partial charge in [0.15, 0.2) is 0 Å². The molecule has 0 aromatic heterocycles. The van der Waals surface area contributed by atoms with Crippen LogP contribution in [0.1, 0.15) is 39.5 Å². The van der Waals surface area contributed by atoms with E-state index in [2.05, 4.69) is 22.0 Å². The van der Waals surface area contributed by atoms with Crippen LogP contribution < -0.4 is 25.4 Å². The van der Waals surface area contributed by atoms with Crippen LogP contribution in [0.4, 0.5) is 5.69 Å². The first-order valence-electron chi connectivity index (χ1n) is 17.2. The molecule has 2 heterocycles. The molecule has 10 nitrogen and oxygen atoms in total. The zero-order chi connectivity index (χ0) is 37.8. The van der Waals surface area contributed by atoms with Crippen molar-refractivity contribution in [3.8, 4) is 28.7 Å². The second-order valence-corrected chi connectivity index (χ2v) is 13.9. The van der Waals surface area contributed by atoms with Gasteiger partial charge in [0.25, 0.3) is 5.91 Å². The van der Waals surface area contributed by atoms with Crippen molar-refractivity contribution in [2.75, 3.05) is 12.4 Å². The summed E-state index contributed by atoms with van der Waals surface area (Å²) in [5.74, 6) is -0.0982. The van der Waals surface area contributed by atoms with E-state index in [0.29, 0.717) is 51.3 Å². The van der Waals surface area contributed by atoms with Gasteiger partial charge in [-0.05, 0) is 88.8 Å². The van der Waals surface area contributed by atoms with Gasteiger partial charge in [0.05, 0.1) is 30.5 Å². The molecule has 0 aliphatic carbocycles. The van der Waals surface area contributed by atoms with Crippen molar-refractivity contribution in [1.82, 2.24) is 10.6 Å². The number of methoxy groups -OCH3 is 1. The number of carbonyl (C=O) groups is 3. The fraction of sp³-hybridized carbons (Fsp3) is 0.190. The molecule has 2 aliphatic rings. The number of hydrogen-bond acceptors (Lipinski definition) is 8. The fourth-order valence-corrected chi connectivity index (χ4v) is 6.86. The van der Waals surface area contributed by atoms with Crippen LogP contribution >= 0.6 is 23.2 Å². The van der Waals surface area contributed by atoms with Gasteiger partial charge in [0, 0.05) is 34.1 Å². The van der Waals surface area contributed by atoms with Crippen LogP contribution in [0.5, 0.6) is 11.5 Å². The largest absolute Gasteiger partial charge is 0.489 e.